The molecule has 8 unspecified atom stereocenters. The molecule has 3 fully saturated rings. The Bertz CT molecular complexity index is 1060. The lowest BCUT2D eigenvalue weighted by Crippen LogP contribution is -2.51. The number of rotatable bonds is 19. The summed E-state index contributed by atoms with van der Waals surface area (Å²) in [6.07, 6.45) is 22.4. The van der Waals surface area contributed by atoms with Gasteiger partial charge in [0, 0.05) is 46.9 Å². The Labute approximate surface area is 330 Å². The lowest BCUT2D eigenvalue weighted by Gasteiger charge is -2.58. The Morgan fingerprint density at radius 3 is 2.25 bits per heavy atom. The highest BCUT2D eigenvalue weighted by atomic mass is 16.5. The van der Waals surface area contributed by atoms with Crippen LogP contribution in [0.25, 0.3) is 0 Å². The summed E-state index contributed by atoms with van der Waals surface area (Å²) in [4.78, 5) is 8.00. The van der Waals surface area contributed by atoms with E-state index in [1.165, 1.54) is 70.6 Å². The Balaban J connectivity index is 0.000000592. The zero-order chi connectivity index (χ0) is 39.8. The van der Waals surface area contributed by atoms with Crippen LogP contribution >= 0.6 is 0 Å². The maximum Gasteiger partial charge on any atom is 0.0844 e. The minimum absolute atomic E-state index is 0.0881. The SMILES string of the molecule is CC.CC(C)CCCC(C)C1CCC2C3CC=C4CC(OCCC(C)(C)OCCC(C)C)CCC4(C)C3CCC12C.CN=CN(C)CCN(C)CCO. The molecule has 6 nitrogen and oxygen atoms in total. The molecule has 53 heavy (non-hydrogen) atoms. The summed E-state index contributed by atoms with van der Waals surface area (Å²) in [6, 6.07) is 0. The van der Waals surface area contributed by atoms with Crippen LogP contribution in [0.4, 0.5) is 0 Å². The summed E-state index contributed by atoms with van der Waals surface area (Å²) >= 11 is 0. The Morgan fingerprint density at radius 1 is 0.906 bits per heavy atom. The van der Waals surface area contributed by atoms with Gasteiger partial charge >= 0.3 is 0 Å². The van der Waals surface area contributed by atoms with Gasteiger partial charge in [-0.05, 0) is 137 Å². The largest absolute Gasteiger partial charge is 0.395 e. The van der Waals surface area contributed by atoms with Crippen molar-refractivity contribution in [3.05, 3.63) is 11.6 Å². The van der Waals surface area contributed by atoms with E-state index in [1.54, 1.807) is 19.0 Å². The number of aliphatic hydroxyl groups is 1. The Morgan fingerprint density at radius 2 is 1.60 bits per heavy atom. The summed E-state index contributed by atoms with van der Waals surface area (Å²) in [5, 5.41) is 8.62. The van der Waals surface area contributed by atoms with Gasteiger partial charge in [-0.15, -0.1) is 0 Å². The number of hydrogen-bond acceptors (Lipinski definition) is 5. The third-order valence-corrected chi connectivity index (χ3v) is 14.1. The molecule has 0 aromatic rings. The molecule has 1 N–H and O–H groups in total. The van der Waals surface area contributed by atoms with Crippen LogP contribution in [-0.4, -0.2) is 93.5 Å². The van der Waals surface area contributed by atoms with E-state index in [9.17, 15) is 0 Å². The van der Waals surface area contributed by atoms with Gasteiger partial charge < -0.3 is 24.4 Å². The smallest absolute Gasteiger partial charge is 0.0844 e. The molecule has 3 saturated carbocycles. The van der Waals surface area contributed by atoms with Gasteiger partial charge in [0.25, 0.3) is 0 Å². The van der Waals surface area contributed by atoms with E-state index >= 15 is 0 Å². The highest BCUT2D eigenvalue weighted by molar-refractivity contribution is 5.53. The first-order valence-electron chi connectivity index (χ1n) is 22.4. The van der Waals surface area contributed by atoms with Crippen molar-refractivity contribution < 1.29 is 14.6 Å². The van der Waals surface area contributed by atoms with Crippen LogP contribution in [0.1, 0.15) is 160 Å². The molecule has 0 radical (unpaired) electrons. The molecule has 0 saturated heterocycles. The lowest BCUT2D eigenvalue weighted by molar-refractivity contribution is -0.0757. The van der Waals surface area contributed by atoms with Gasteiger partial charge in [0.05, 0.1) is 24.7 Å². The molecule has 6 heteroatoms. The summed E-state index contributed by atoms with van der Waals surface area (Å²) in [7, 11) is 5.74. The first-order chi connectivity index (χ1) is 25.1. The van der Waals surface area contributed by atoms with E-state index in [0.29, 0.717) is 22.9 Å². The van der Waals surface area contributed by atoms with Crippen molar-refractivity contribution in [3.63, 3.8) is 0 Å². The van der Waals surface area contributed by atoms with Crippen molar-refractivity contribution >= 4 is 6.34 Å². The fourth-order valence-corrected chi connectivity index (χ4v) is 10.8. The van der Waals surface area contributed by atoms with Crippen LogP contribution in [0.2, 0.25) is 0 Å². The molecule has 0 bridgehead atoms. The molecule has 0 aromatic heterocycles. The zero-order valence-corrected chi connectivity index (χ0v) is 37.8. The van der Waals surface area contributed by atoms with Crippen LogP contribution in [0.5, 0.6) is 0 Å². The maximum absolute atomic E-state index is 8.62. The van der Waals surface area contributed by atoms with Gasteiger partial charge in [-0.25, -0.2) is 0 Å². The number of allylic oxidation sites excluding steroid dienone is 1. The highest BCUT2D eigenvalue weighted by Crippen LogP contribution is 2.67. The summed E-state index contributed by atoms with van der Waals surface area (Å²) in [5.74, 6) is 6.19. The van der Waals surface area contributed by atoms with Gasteiger partial charge in [0.1, 0.15) is 0 Å². The number of hydrogen-bond donors (Lipinski definition) is 1. The van der Waals surface area contributed by atoms with E-state index in [-0.39, 0.29) is 12.2 Å². The molecule has 0 amide bonds. The van der Waals surface area contributed by atoms with Crippen LogP contribution in [-0.2, 0) is 9.47 Å². The molecule has 4 aliphatic rings. The average Bonchev–Trinajstić information content (AvgIpc) is 3.46. The van der Waals surface area contributed by atoms with E-state index in [0.717, 1.165) is 81.2 Å². The lowest BCUT2D eigenvalue weighted by atomic mass is 9.47. The number of aliphatic hydroxyl groups excluding tert-OH is 1. The summed E-state index contributed by atoms with van der Waals surface area (Å²) in [6.45, 7) is 30.3. The second-order valence-electron chi connectivity index (χ2n) is 19.4. The highest BCUT2D eigenvalue weighted by Gasteiger charge is 2.59. The molecule has 0 aliphatic heterocycles. The molecule has 0 heterocycles. The number of fused-ring (bicyclic) bond motifs is 5. The second-order valence-corrected chi connectivity index (χ2v) is 19.4. The molecular weight excluding hydrogens is 655 g/mol. The van der Waals surface area contributed by atoms with Crippen molar-refractivity contribution in [3.8, 4) is 0 Å². The van der Waals surface area contributed by atoms with Crippen molar-refractivity contribution in [1.82, 2.24) is 9.80 Å². The second kappa shape index (κ2) is 23.3. The first kappa shape index (κ1) is 48.2. The van der Waals surface area contributed by atoms with Crippen molar-refractivity contribution in [2.24, 2.45) is 57.2 Å². The van der Waals surface area contributed by atoms with Crippen LogP contribution in [0, 0.1) is 52.3 Å². The standard InChI is InChI=1S/C37H66O2.C8H19N3O.C2H6/c1-26(2)11-10-12-28(5)32-15-16-33-31-14-13-29-25-30(38-24-22-35(6,7)39-23-19-27(3)4)17-20-36(29,8)34(31)18-21-37(32,33)9;1-9-8-11(3)5-4-10(2)6-7-12;1-2/h13,26-28,30-34H,10-12,14-25H2,1-9H3;8,12H,4-7H2,1-3H3;1-2H3. The Kier molecular flexibility index (Phi) is 21.2. The monoisotopic (exact) mass is 746 g/mol. The number of aliphatic imine (C=N–C) groups is 1. The van der Waals surface area contributed by atoms with Gasteiger partial charge in [0.2, 0.25) is 0 Å². The van der Waals surface area contributed by atoms with Crippen LogP contribution in [0.15, 0.2) is 16.6 Å². The molecule has 4 rings (SSSR count). The van der Waals surface area contributed by atoms with E-state index < -0.39 is 0 Å². The van der Waals surface area contributed by atoms with Gasteiger partial charge in [-0.3, -0.25) is 4.99 Å². The van der Waals surface area contributed by atoms with Crippen molar-refractivity contribution in [1.29, 1.82) is 0 Å². The van der Waals surface area contributed by atoms with E-state index in [4.69, 9.17) is 14.6 Å². The summed E-state index contributed by atoms with van der Waals surface area (Å²) in [5.41, 5.74) is 2.68. The third kappa shape index (κ3) is 14.5. The van der Waals surface area contributed by atoms with Gasteiger partial charge in [-0.2, -0.15) is 0 Å². The van der Waals surface area contributed by atoms with Crippen molar-refractivity contribution in [2.45, 2.75) is 171 Å². The minimum atomic E-state index is -0.0881. The predicted molar refractivity (Wildman–Crippen MR) is 230 cm³/mol. The molecule has 312 valence electrons. The van der Waals surface area contributed by atoms with Crippen LogP contribution < -0.4 is 0 Å². The quantitative estimate of drug-likeness (QED) is 0.0810. The molecular formula is C47H91N3O3. The molecule has 0 aromatic carbocycles. The first-order valence-corrected chi connectivity index (χ1v) is 22.4. The van der Waals surface area contributed by atoms with Crippen molar-refractivity contribution in [2.75, 3.05) is 60.6 Å². The molecule has 8 atom stereocenters. The maximum atomic E-state index is 8.62. The fourth-order valence-electron chi connectivity index (χ4n) is 10.8. The molecule has 0 spiro atoms. The number of likely N-dealkylation sites (N-methyl/N-ethyl adjacent to an activating group) is 2. The van der Waals surface area contributed by atoms with Crippen LogP contribution in [0.3, 0.4) is 0 Å². The topological polar surface area (TPSA) is 57.5 Å². The summed E-state index contributed by atoms with van der Waals surface area (Å²) < 4.78 is 12.7. The number of nitrogens with zero attached hydrogens (tertiary/aromatic N) is 3. The van der Waals surface area contributed by atoms with Gasteiger partial charge in [-0.1, -0.05) is 93.2 Å². The van der Waals surface area contributed by atoms with Gasteiger partial charge in [0.15, 0.2) is 0 Å². The molecule has 4 aliphatic carbocycles. The fraction of sp³-hybridized carbons (Fsp3) is 0.936. The zero-order valence-electron chi connectivity index (χ0n) is 37.8. The normalized spacial score (nSPS) is 30.2. The average molecular weight is 746 g/mol. The minimum Gasteiger partial charge on any atom is -0.395 e. The number of ether oxygens (including phenoxy) is 2. The predicted octanol–water partition coefficient (Wildman–Crippen LogP) is 11.2. The van der Waals surface area contributed by atoms with E-state index in [2.05, 4.69) is 78.3 Å². The third-order valence-electron chi connectivity index (χ3n) is 14.1. The Hall–Kier alpha value is -0.950. The van der Waals surface area contributed by atoms with E-state index in [1.807, 2.05) is 32.8 Å².